The van der Waals surface area contributed by atoms with Crippen LogP contribution in [0.3, 0.4) is 0 Å². The molecule has 0 bridgehead atoms. The molecule has 84 valence electrons. The summed E-state index contributed by atoms with van der Waals surface area (Å²) in [6.07, 6.45) is 1.27. The first-order valence-electron chi connectivity index (χ1n) is 4.94. The van der Waals surface area contributed by atoms with Gasteiger partial charge in [0.1, 0.15) is 0 Å². The van der Waals surface area contributed by atoms with Crippen LogP contribution in [0.4, 0.5) is 0 Å². The monoisotopic (exact) mass is 221 g/mol. The van der Waals surface area contributed by atoms with E-state index in [1.54, 1.807) is 13.8 Å². The molecule has 5 heteroatoms. The highest BCUT2D eigenvalue weighted by Crippen LogP contribution is 2.20. The molecule has 1 heterocycles. The van der Waals surface area contributed by atoms with E-state index >= 15 is 0 Å². The van der Waals surface area contributed by atoms with Gasteiger partial charge in [-0.3, -0.25) is 0 Å². The second kappa shape index (κ2) is 4.16. The van der Waals surface area contributed by atoms with Gasteiger partial charge >= 0.3 is 0 Å². The maximum absolute atomic E-state index is 11.5. The Morgan fingerprint density at radius 3 is 2.57 bits per heavy atom. The quantitative estimate of drug-likeness (QED) is 0.742. The van der Waals surface area contributed by atoms with E-state index in [2.05, 4.69) is 0 Å². The van der Waals surface area contributed by atoms with Gasteiger partial charge in [-0.05, 0) is 26.7 Å². The van der Waals surface area contributed by atoms with Crippen molar-refractivity contribution in [1.29, 1.82) is 0 Å². The van der Waals surface area contributed by atoms with Crippen LogP contribution in [-0.4, -0.2) is 38.2 Å². The Morgan fingerprint density at radius 1 is 1.50 bits per heavy atom. The lowest BCUT2D eigenvalue weighted by atomic mass is 9.97. The average Bonchev–Trinajstić information content (AvgIpc) is 2.50. The second-order valence-corrected chi connectivity index (χ2v) is 7.01. The van der Waals surface area contributed by atoms with Crippen LogP contribution in [0.5, 0.6) is 0 Å². The Balaban J connectivity index is 2.48. The largest absolute Gasteiger partial charge is 0.379 e. The molecular weight excluding hydrogens is 202 g/mol. The molecule has 1 unspecified atom stereocenters. The number of hydrogen-bond donors (Lipinski definition) is 1. The SMILES string of the molecule is CC(C)S(=O)(=O)CCC1(N)CCOC1. The summed E-state index contributed by atoms with van der Waals surface area (Å²) in [5, 5.41) is -0.312. The molecule has 0 radical (unpaired) electrons. The van der Waals surface area contributed by atoms with Gasteiger partial charge in [-0.2, -0.15) is 0 Å². The van der Waals surface area contributed by atoms with Crippen LogP contribution in [-0.2, 0) is 14.6 Å². The van der Waals surface area contributed by atoms with Crippen molar-refractivity contribution >= 4 is 9.84 Å². The van der Waals surface area contributed by atoms with Crippen molar-refractivity contribution in [2.75, 3.05) is 19.0 Å². The lowest BCUT2D eigenvalue weighted by Crippen LogP contribution is -2.42. The van der Waals surface area contributed by atoms with E-state index in [1.807, 2.05) is 0 Å². The zero-order valence-electron chi connectivity index (χ0n) is 8.82. The van der Waals surface area contributed by atoms with Crippen molar-refractivity contribution in [3.05, 3.63) is 0 Å². The molecule has 0 saturated carbocycles. The minimum absolute atomic E-state index is 0.171. The lowest BCUT2D eigenvalue weighted by Gasteiger charge is -2.21. The average molecular weight is 221 g/mol. The van der Waals surface area contributed by atoms with Crippen LogP contribution in [0.25, 0.3) is 0 Å². The summed E-state index contributed by atoms with van der Waals surface area (Å²) in [6, 6.07) is 0. The van der Waals surface area contributed by atoms with E-state index in [-0.39, 0.29) is 11.0 Å². The van der Waals surface area contributed by atoms with Gasteiger partial charge in [0.15, 0.2) is 9.84 Å². The topological polar surface area (TPSA) is 69.4 Å². The molecule has 0 aromatic heterocycles. The fourth-order valence-electron chi connectivity index (χ4n) is 1.40. The van der Waals surface area contributed by atoms with Crippen molar-refractivity contribution in [3.63, 3.8) is 0 Å². The molecule has 0 amide bonds. The van der Waals surface area contributed by atoms with Gasteiger partial charge in [0.05, 0.1) is 17.6 Å². The van der Waals surface area contributed by atoms with Gasteiger partial charge in [-0.25, -0.2) is 8.42 Å². The summed E-state index contributed by atoms with van der Waals surface area (Å²) < 4.78 is 28.2. The third kappa shape index (κ3) is 2.93. The van der Waals surface area contributed by atoms with E-state index in [0.29, 0.717) is 19.6 Å². The van der Waals surface area contributed by atoms with Gasteiger partial charge in [0.25, 0.3) is 0 Å². The molecule has 1 saturated heterocycles. The highest BCUT2D eigenvalue weighted by molar-refractivity contribution is 7.91. The Morgan fingerprint density at radius 2 is 2.14 bits per heavy atom. The molecule has 1 atom stereocenters. The van der Waals surface area contributed by atoms with Crippen LogP contribution < -0.4 is 5.73 Å². The Labute approximate surface area is 85.7 Å². The summed E-state index contributed by atoms with van der Waals surface area (Å²) in [5.74, 6) is 0.171. The van der Waals surface area contributed by atoms with Crippen molar-refractivity contribution in [2.24, 2.45) is 5.73 Å². The molecule has 4 nitrogen and oxygen atoms in total. The van der Waals surface area contributed by atoms with Gasteiger partial charge in [-0.15, -0.1) is 0 Å². The molecule has 0 spiro atoms. The predicted octanol–water partition coefficient (Wildman–Crippen LogP) is 0.317. The number of rotatable bonds is 4. The molecular formula is C9H19NO3S. The first-order valence-corrected chi connectivity index (χ1v) is 6.65. The Bertz CT molecular complexity index is 278. The van der Waals surface area contributed by atoms with Crippen molar-refractivity contribution in [3.8, 4) is 0 Å². The third-order valence-electron chi connectivity index (χ3n) is 2.74. The summed E-state index contributed by atoms with van der Waals surface area (Å²) >= 11 is 0. The summed E-state index contributed by atoms with van der Waals surface area (Å²) in [6.45, 7) is 4.53. The van der Waals surface area contributed by atoms with Crippen molar-refractivity contribution in [2.45, 2.75) is 37.5 Å². The number of hydrogen-bond acceptors (Lipinski definition) is 4. The smallest absolute Gasteiger partial charge is 0.152 e. The van der Waals surface area contributed by atoms with Crippen molar-refractivity contribution < 1.29 is 13.2 Å². The Kier molecular flexibility index (Phi) is 3.55. The number of ether oxygens (including phenoxy) is 1. The third-order valence-corrected chi connectivity index (χ3v) is 4.95. The fourth-order valence-corrected chi connectivity index (χ4v) is 2.56. The second-order valence-electron chi connectivity index (χ2n) is 4.33. The van der Waals surface area contributed by atoms with Crippen LogP contribution in [0, 0.1) is 0 Å². The van der Waals surface area contributed by atoms with Crippen molar-refractivity contribution in [1.82, 2.24) is 0 Å². The maximum Gasteiger partial charge on any atom is 0.152 e. The summed E-state index contributed by atoms with van der Waals surface area (Å²) in [7, 11) is -2.96. The molecule has 1 rings (SSSR count). The summed E-state index contributed by atoms with van der Waals surface area (Å²) in [5.41, 5.74) is 5.56. The highest BCUT2D eigenvalue weighted by Gasteiger charge is 2.32. The van der Waals surface area contributed by atoms with Crippen LogP contribution >= 0.6 is 0 Å². The van der Waals surface area contributed by atoms with E-state index in [9.17, 15) is 8.42 Å². The van der Waals surface area contributed by atoms with E-state index < -0.39 is 15.4 Å². The van der Waals surface area contributed by atoms with E-state index in [1.165, 1.54) is 0 Å². The van der Waals surface area contributed by atoms with E-state index in [4.69, 9.17) is 10.5 Å². The molecule has 0 aromatic rings. The van der Waals surface area contributed by atoms with Crippen LogP contribution in [0.1, 0.15) is 26.7 Å². The van der Waals surface area contributed by atoms with Gasteiger partial charge < -0.3 is 10.5 Å². The first-order chi connectivity index (χ1) is 6.36. The Hall–Kier alpha value is -0.130. The van der Waals surface area contributed by atoms with Gasteiger partial charge in [-0.1, -0.05) is 0 Å². The van der Waals surface area contributed by atoms with Crippen LogP contribution in [0.2, 0.25) is 0 Å². The van der Waals surface area contributed by atoms with Crippen LogP contribution in [0.15, 0.2) is 0 Å². The fraction of sp³-hybridized carbons (Fsp3) is 1.00. The number of nitrogens with two attached hydrogens (primary N) is 1. The predicted molar refractivity (Wildman–Crippen MR) is 55.9 cm³/mol. The molecule has 0 aliphatic carbocycles. The zero-order chi connectivity index (χ0) is 10.8. The standard InChI is InChI=1S/C9H19NO3S/c1-8(2)14(11,12)6-4-9(10)3-5-13-7-9/h8H,3-7,10H2,1-2H3. The minimum Gasteiger partial charge on any atom is -0.379 e. The number of sulfone groups is 1. The molecule has 2 N–H and O–H groups in total. The molecule has 1 aliphatic rings. The first kappa shape index (κ1) is 11.9. The lowest BCUT2D eigenvalue weighted by molar-refractivity contribution is 0.177. The normalized spacial score (nSPS) is 28.6. The molecule has 1 fully saturated rings. The molecule has 14 heavy (non-hydrogen) atoms. The van der Waals surface area contributed by atoms with Gasteiger partial charge in [0.2, 0.25) is 0 Å². The molecule has 0 aromatic carbocycles. The van der Waals surface area contributed by atoms with Gasteiger partial charge in [0, 0.05) is 12.1 Å². The maximum atomic E-state index is 11.5. The highest BCUT2D eigenvalue weighted by atomic mass is 32.2. The molecule has 1 aliphatic heterocycles. The minimum atomic E-state index is -2.96. The summed E-state index contributed by atoms with van der Waals surface area (Å²) in [4.78, 5) is 0. The zero-order valence-corrected chi connectivity index (χ0v) is 9.64. The van der Waals surface area contributed by atoms with E-state index in [0.717, 1.165) is 6.42 Å².